The fraction of sp³-hybridized carbons (Fsp3) is 0.606. The molecule has 6 nitrogen and oxygen atoms in total. The summed E-state index contributed by atoms with van der Waals surface area (Å²) in [7, 11) is 0. The predicted molar refractivity (Wildman–Crippen MR) is 159 cm³/mol. The number of nitrogens with zero attached hydrogens (tertiary/aromatic N) is 1. The number of amides is 1. The lowest BCUT2D eigenvalue weighted by Crippen LogP contribution is -2.46. The van der Waals surface area contributed by atoms with Crippen LogP contribution in [0, 0.1) is 0 Å². The lowest BCUT2D eigenvalue weighted by Gasteiger charge is -2.33. The second-order valence-corrected chi connectivity index (χ2v) is 11.5. The Morgan fingerprint density at radius 3 is 1.85 bits per heavy atom. The van der Waals surface area contributed by atoms with Gasteiger partial charge in [-0.1, -0.05) is 113 Å². The van der Waals surface area contributed by atoms with Crippen LogP contribution in [0.15, 0.2) is 60.7 Å². The number of ether oxygens (including phenoxy) is 2. The van der Waals surface area contributed by atoms with Gasteiger partial charge in [-0.3, -0.25) is 4.90 Å². The summed E-state index contributed by atoms with van der Waals surface area (Å²) in [5.74, 6) is 0. The Kier molecular flexibility index (Phi) is 15.8. The minimum atomic E-state index is -0.605. The number of hydrogen-bond acceptors (Lipinski definition) is 5. The Morgan fingerprint density at radius 1 is 0.846 bits per heavy atom. The zero-order valence-electron chi connectivity index (χ0n) is 24.7. The van der Waals surface area contributed by atoms with Crippen molar-refractivity contribution in [3.05, 3.63) is 71.8 Å². The number of hydrogen-bond donors (Lipinski definition) is 2. The number of carbonyl (C=O) groups excluding carboxylic acids is 1. The molecule has 0 heterocycles. The highest BCUT2D eigenvalue weighted by molar-refractivity contribution is 5.68. The van der Waals surface area contributed by atoms with E-state index in [-0.39, 0.29) is 19.4 Å². The van der Waals surface area contributed by atoms with Gasteiger partial charge in [-0.15, -0.1) is 0 Å². The van der Waals surface area contributed by atoms with Crippen LogP contribution in [0.25, 0.3) is 0 Å². The molecule has 1 unspecified atom stereocenters. The van der Waals surface area contributed by atoms with Gasteiger partial charge in [-0.2, -0.15) is 0 Å². The Hall–Kier alpha value is -2.41. The van der Waals surface area contributed by atoms with Crippen LogP contribution in [0.5, 0.6) is 0 Å². The van der Waals surface area contributed by atoms with Crippen LogP contribution in [0.2, 0.25) is 0 Å². The maximum atomic E-state index is 12.3. The molecule has 0 bridgehead atoms. The van der Waals surface area contributed by atoms with Crippen molar-refractivity contribution in [1.82, 2.24) is 10.2 Å². The maximum Gasteiger partial charge on any atom is 0.408 e. The van der Waals surface area contributed by atoms with Crippen molar-refractivity contribution in [3.8, 4) is 0 Å². The molecule has 39 heavy (non-hydrogen) atoms. The van der Waals surface area contributed by atoms with Crippen molar-refractivity contribution in [2.24, 2.45) is 0 Å². The summed E-state index contributed by atoms with van der Waals surface area (Å²) in [5, 5.41) is 12.7. The van der Waals surface area contributed by atoms with Crippen molar-refractivity contribution in [1.29, 1.82) is 0 Å². The molecule has 218 valence electrons. The molecular formula is C33H52N2O4. The number of alkyl carbamates (subject to hydrolysis) is 1. The number of benzene rings is 2. The fourth-order valence-electron chi connectivity index (χ4n) is 4.56. The monoisotopic (exact) mass is 540 g/mol. The van der Waals surface area contributed by atoms with Gasteiger partial charge in [0.25, 0.3) is 0 Å². The van der Waals surface area contributed by atoms with E-state index in [0.717, 1.165) is 25.9 Å². The predicted octanol–water partition coefficient (Wildman–Crippen LogP) is 7.45. The van der Waals surface area contributed by atoms with E-state index in [1.807, 2.05) is 32.9 Å². The first-order valence-electron chi connectivity index (χ1n) is 14.8. The van der Waals surface area contributed by atoms with Crippen LogP contribution in [0.4, 0.5) is 4.79 Å². The van der Waals surface area contributed by atoms with Gasteiger partial charge >= 0.3 is 6.09 Å². The second-order valence-electron chi connectivity index (χ2n) is 11.5. The molecule has 2 aromatic rings. The number of aliphatic hydroxyl groups excluding tert-OH is 1. The van der Waals surface area contributed by atoms with Crippen LogP contribution in [0.3, 0.4) is 0 Å². The molecule has 6 heteroatoms. The largest absolute Gasteiger partial charge is 0.444 e. The fourth-order valence-corrected chi connectivity index (χ4v) is 4.56. The van der Waals surface area contributed by atoms with Crippen molar-refractivity contribution >= 4 is 6.09 Å². The number of unbranched alkanes of at least 4 members (excludes halogenated alkanes) is 7. The number of rotatable bonds is 19. The van der Waals surface area contributed by atoms with Gasteiger partial charge in [-0.25, -0.2) is 4.79 Å². The molecule has 0 aliphatic heterocycles. The summed E-state index contributed by atoms with van der Waals surface area (Å²) in [6, 6.07) is 20.4. The summed E-state index contributed by atoms with van der Waals surface area (Å²) in [6.07, 6.45) is 10.2. The first-order valence-corrected chi connectivity index (χ1v) is 14.8. The highest BCUT2D eigenvalue weighted by atomic mass is 16.6. The van der Waals surface area contributed by atoms with E-state index in [4.69, 9.17) is 9.47 Å². The zero-order chi connectivity index (χ0) is 28.3. The Labute approximate surface area is 237 Å². The van der Waals surface area contributed by atoms with Gasteiger partial charge in [0, 0.05) is 13.1 Å². The first-order chi connectivity index (χ1) is 18.8. The molecule has 2 rings (SSSR count). The summed E-state index contributed by atoms with van der Waals surface area (Å²) in [4.78, 5) is 14.7. The molecule has 0 saturated heterocycles. The second kappa shape index (κ2) is 18.8. The van der Waals surface area contributed by atoms with E-state index in [0.29, 0.717) is 0 Å². The average molecular weight is 541 g/mol. The molecule has 0 fully saturated rings. The highest BCUT2D eigenvalue weighted by Crippen LogP contribution is 2.20. The van der Waals surface area contributed by atoms with Gasteiger partial charge in [0.1, 0.15) is 11.8 Å². The third-order valence-electron chi connectivity index (χ3n) is 6.60. The smallest absolute Gasteiger partial charge is 0.408 e. The molecule has 2 atom stereocenters. The SMILES string of the molecule is CCCCCCCCCC[C@H](OCC(CO)NC(=O)OC(C)(C)C)N(Cc1ccccc1)Cc1ccccc1. The molecule has 0 aliphatic rings. The first kappa shape index (κ1) is 32.8. The van der Waals surface area contributed by atoms with Gasteiger partial charge in [0.05, 0.1) is 19.3 Å². The van der Waals surface area contributed by atoms with Gasteiger partial charge in [0.15, 0.2) is 0 Å². The summed E-state index contributed by atoms with van der Waals surface area (Å²) in [6.45, 7) is 9.20. The van der Waals surface area contributed by atoms with Crippen LogP contribution < -0.4 is 5.32 Å². The number of nitrogens with one attached hydrogen (secondary N) is 1. The molecule has 1 amide bonds. The molecule has 0 spiro atoms. The Bertz CT molecular complexity index is 844. The maximum absolute atomic E-state index is 12.3. The quantitative estimate of drug-likeness (QED) is 0.143. The van der Waals surface area contributed by atoms with Crippen LogP contribution >= 0.6 is 0 Å². The molecule has 0 radical (unpaired) electrons. The lowest BCUT2D eigenvalue weighted by atomic mass is 10.1. The molecule has 0 aromatic heterocycles. The van der Waals surface area contributed by atoms with Crippen molar-refractivity contribution in [2.75, 3.05) is 13.2 Å². The summed E-state index contributed by atoms with van der Waals surface area (Å²) < 4.78 is 11.9. The third kappa shape index (κ3) is 15.1. The summed E-state index contributed by atoms with van der Waals surface area (Å²) in [5.41, 5.74) is 1.85. The van der Waals surface area contributed by atoms with Crippen LogP contribution in [0.1, 0.15) is 96.6 Å². The normalized spacial score (nSPS) is 13.3. The van der Waals surface area contributed by atoms with E-state index in [2.05, 4.69) is 65.7 Å². The van der Waals surface area contributed by atoms with Crippen molar-refractivity contribution in [2.45, 2.75) is 116 Å². The average Bonchev–Trinajstić information content (AvgIpc) is 2.91. The molecular weight excluding hydrogens is 488 g/mol. The minimum absolute atomic E-state index is 0.153. The van der Waals surface area contributed by atoms with E-state index in [1.54, 1.807) is 0 Å². The van der Waals surface area contributed by atoms with Crippen LogP contribution in [-0.4, -0.2) is 47.2 Å². The van der Waals surface area contributed by atoms with E-state index in [1.165, 1.54) is 56.1 Å². The molecule has 0 aliphatic carbocycles. The van der Waals surface area contributed by atoms with E-state index >= 15 is 0 Å². The Morgan fingerprint density at radius 2 is 1.36 bits per heavy atom. The third-order valence-corrected chi connectivity index (χ3v) is 6.60. The van der Waals surface area contributed by atoms with Gasteiger partial charge < -0.3 is 19.9 Å². The van der Waals surface area contributed by atoms with E-state index < -0.39 is 17.7 Å². The van der Waals surface area contributed by atoms with Crippen molar-refractivity contribution in [3.63, 3.8) is 0 Å². The summed E-state index contributed by atoms with van der Waals surface area (Å²) >= 11 is 0. The molecule has 2 N–H and O–H groups in total. The van der Waals surface area contributed by atoms with Gasteiger partial charge in [0.2, 0.25) is 0 Å². The topological polar surface area (TPSA) is 71.0 Å². The standard InChI is InChI=1S/C33H52N2O4/c1-5-6-7-8-9-10-11-18-23-31(38-27-30(26-36)34-32(37)39-33(2,3)4)35(24-28-19-14-12-15-20-28)25-29-21-16-13-17-22-29/h12-17,19-22,30-31,36H,5-11,18,23-27H2,1-4H3,(H,34,37)/t30?,31-/m0/s1. The van der Waals surface area contributed by atoms with Crippen molar-refractivity contribution < 1.29 is 19.4 Å². The van der Waals surface area contributed by atoms with Gasteiger partial charge in [-0.05, 0) is 44.7 Å². The lowest BCUT2D eigenvalue weighted by molar-refractivity contribution is -0.0838. The Balaban J connectivity index is 2.09. The van der Waals surface area contributed by atoms with E-state index in [9.17, 15) is 9.90 Å². The number of carbonyl (C=O) groups is 1. The zero-order valence-corrected chi connectivity index (χ0v) is 24.7. The highest BCUT2D eigenvalue weighted by Gasteiger charge is 2.24. The number of aliphatic hydroxyl groups is 1. The minimum Gasteiger partial charge on any atom is -0.444 e. The molecule has 0 saturated carbocycles. The van der Waals surface area contributed by atoms with Crippen LogP contribution in [-0.2, 0) is 22.6 Å². The molecule has 2 aromatic carbocycles.